The number of halogens is 2. The SMILES string of the molecule is COc1cc(F)c(OC2CCC(C)(C(=O)O)CC2)cc1C(=O)N[C@H]1[C@@H](C(=O)NCC2(C)CCC2)[C@@H]2C/C(=C/F)[C@H]1C2. The second-order valence-electron chi connectivity index (χ2n) is 13.1. The molecule has 41 heavy (non-hydrogen) atoms. The van der Waals surface area contributed by atoms with Crippen LogP contribution in [0, 0.1) is 34.4 Å². The Kier molecular flexibility index (Phi) is 8.05. The number of carboxylic acid groups (broad SMARTS) is 1. The molecule has 8 nitrogen and oxygen atoms in total. The lowest BCUT2D eigenvalue weighted by Gasteiger charge is -2.39. The van der Waals surface area contributed by atoms with Crippen LogP contribution in [0.4, 0.5) is 8.78 Å². The number of carboxylic acids is 1. The lowest BCUT2D eigenvalue weighted by Crippen LogP contribution is -2.52. The summed E-state index contributed by atoms with van der Waals surface area (Å²) >= 11 is 0. The van der Waals surface area contributed by atoms with Crippen LogP contribution in [0.25, 0.3) is 0 Å². The highest BCUT2D eigenvalue weighted by Gasteiger charge is 2.54. The van der Waals surface area contributed by atoms with E-state index in [9.17, 15) is 28.3 Å². The number of methoxy groups -OCH3 is 1. The zero-order valence-electron chi connectivity index (χ0n) is 23.9. The summed E-state index contributed by atoms with van der Waals surface area (Å²) in [4.78, 5) is 38.6. The Labute approximate surface area is 239 Å². The van der Waals surface area contributed by atoms with Crippen molar-refractivity contribution in [3.05, 3.63) is 35.4 Å². The summed E-state index contributed by atoms with van der Waals surface area (Å²) in [5.74, 6) is -3.23. The quantitative estimate of drug-likeness (QED) is 0.376. The number of nitrogens with one attached hydrogen (secondary N) is 2. The number of amides is 2. The minimum absolute atomic E-state index is 0.0118. The molecule has 5 rings (SSSR count). The highest BCUT2D eigenvalue weighted by atomic mass is 19.1. The van der Waals surface area contributed by atoms with Crippen LogP contribution in [0.3, 0.4) is 0 Å². The summed E-state index contributed by atoms with van der Waals surface area (Å²) in [6.45, 7) is 4.42. The predicted octanol–water partition coefficient (Wildman–Crippen LogP) is 5.16. The van der Waals surface area contributed by atoms with Crippen molar-refractivity contribution in [1.29, 1.82) is 0 Å². The maximum atomic E-state index is 15.0. The first-order valence-electron chi connectivity index (χ1n) is 14.6. The number of aliphatic carboxylic acids is 1. The van der Waals surface area contributed by atoms with Crippen LogP contribution >= 0.6 is 0 Å². The Balaban J connectivity index is 1.32. The molecule has 4 atom stereocenters. The van der Waals surface area contributed by atoms with Gasteiger partial charge in [-0.1, -0.05) is 13.3 Å². The summed E-state index contributed by atoms with van der Waals surface area (Å²) in [5, 5.41) is 15.5. The molecule has 2 amide bonds. The van der Waals surface area contributed by atoms with Gasteiger partial charge in [0.25, 0.3) is 5.91 Å². The highest BCUT2D eigenvalue weighted by molar-refractivity contribution is 5.98. The molecule has 0 aliphatic heterocycles. The van der Waals surface area contributed by atoms with E-state index < -0.39 is 41.2 Å². The minimum atomic E-state index is -0.860. The zero-order chi connectivity index (χ0) is 29.5. The Morgan fingerprint density at radius 1 is 1.12 bits per heavy atom. The van der Waals surface area contributed by atoms with Gasteiger partial charge in [0.15, 0.2) is 11.6 Å². The largest absolute Gasteiger partial charge is 0.496 e. The first-order valence-corrected chi connectivity index (χ1v) is 14.6. The van der Waals surface area contributed by atoms with Gasteiger partial charge in [-0.05, 0) is 81.3 Å². The second-order valence-corrected chi connectivity index (χ2v) is 13.1. The van der Waals surface area contributed by atoms with E-state index in [1.54, 1.807) is 6.92 Å². The second kappa shape index (κ2) is 11.2. The average molecular weight is 575 g/mol. The van der Waals surface area contributed by atoms with Gasteiger partial charge in [-0.2, -0.15) is 0 Å². The molecule has 0 saturated heterocycles. The van der Waals surface area contributed by atoms with Crippen molar-refractivity contribution in [2.24, 2.45) is 28.6 Å². The van der Waals surface area contributed by atoms with Crippen LogP contribution in [-0.2, 0) is 9.59 Å². The van der Waals surface area contributed by atoms with Gasteiger partial charge in [0.05, 0.1) is 36.4 Å². The Morgan fingerprint density at radius 3 is 2.41 bits per heavy atom. The molecule has 10 heteroatoms. The molecule has 4 aliphatic rings. The molecule has 224 valence electrons. The van der Waals surface area contributed by atoms with Crippen molar-refractivity contribution < 1.29 is 37.7 Å². The molecular weight excluding hydrogens is 534 g/mol. The van der Waals surface area contributed by atoms with Gasteiger partial charge < -0.3 is 25.2 Å². The molecule has 4 saturated carbocycles. The molecule has 4 aliphatic carbocycles. The summed E-state index contributed by atoms with van der Waals surface area (Å²) in [7, 11) is 1.33. The van der Waals surface area contributed by atoms with Gasteiger partial charge in [-0.3, -0.25) is 14.4 Å². The number of benzene rings is 1. The molecule has 2 bridgehead atoms. The number of ether oxygens (including phenoxy) is 2. The van der Waals surface area contributed by atoms with E-state index in [-0.39, 0.29) is 40.2 Å². The van der Waals surface area contributed by atoms with Gasteiger partial charge in [0.1, 0.15) is 5.75 Å². The Bertz CT molecular complexity index is 1240. The molecule has 0 unspecified atom stereocenters. The van der Waals surface area contributed by atoms with Crippen LogP contribution in [0.1, 0.15) is 82.0 Å². The van der Waals surface area contributed by atoms with Crippen molar-refractivity contribution >= 4 is 17.8 Å². The average Bonchev–Trinajstić information content (AvgIpc) is 3.51. The zero-order valence-corrected chi connectivity index (χ0v) is 23.9. The fourth-order valence-electron chi connectivity index (χ4n) is 7.22. The number of rotatable bonds is 9. The van der Waals surface area contributed by atoms with E-state index in [1.807, 2.05) is 0 Å². The molecule has 3 N–H and O–H groups in total. The number of carbonyl (C=O) groups excluding carboxylic acids is 2. The van der Waals surface area contributed by atoms with Crippen LogP contribution in [0.5, 0.6) is 11.5 Å². The number of hydrogen-bond donors (Lipinski definition) is 3. The van der Waals surface area contributed by atoms with Crippen LogP contribution in [0.2, 0.25) is 0 Å². The van der Waals surface area contributed by atoms with E-state index in [1.165, 1.54) is 13.2 Å². The smallest absolute Gasteiger partial charge is 0.309 e. The predicted molar refractivity (Wildman–Crippen MR) is 147 cm³/mol. The van der Waals surface area contributed by atoms with E-state index in [2.05, 4.69) is 17.6 Å². The van der Waals surface area contributed by atoms with Crippen molar-refractivity contribution in [2.75, 3.05) is 13.7 Å². The van der Waals surface area contributed by atoms with Crippen LogP contribution in [-0.4, -0.2) is 48.7 Å². The van der Waals surface area contributed by atoms with E-state index in [0.29, 0.717) is 57.0 Å². The van der Waals surface area contributed by atoms with Gasteiger partial charge in [0, 0.05) is 24.6 Å². The van der Waals surface area contributed by atoms with E-state index in [0.717, 1.165) is 25.3 Å². The molecule has 0 aromatic heterocycles. The summed E-state index contributed by atoms with van der Waals surface area (Å²) in [6.07, 6.45) is 6.25. The summed E-state index contributed by atoms with van der Waals surface area (Å²) in [5.41, 5.74) is -0.103. The molecule has 0 spiro atoms. The fourth-order valence-corrected chi connectivity index (χ4v) is 7.22. The van der Waals surface area contributed by atoms with E-state index in [4.69, 9.17) is 9.47 Å². The lowest BCUT2D eigenvalue weighted by atomic mass is 9.70. The summed E-state index contributed by atoms with van der Waals surface area (Å²) in [6, 6.07) is 1.77. The monoisotopic (exact) mass is 574 g/mol. The molecule has 0 heterocycles. The minimum Gasteiger partial charge on any atom is -0.496 e. The van der Waals surface area contributed by atoms with E-state index >= 15 is 0 Å². The fraction of sp³-hybridized carbons (Fsp3) is 0.645. The maximum absolute atomic E-state index is 15.0. The third-order valence-electron chi connectivity index (χ3n) is 10.2. The van der Waals surface area contributed by atoms with Crippen molar-refractivity contribution in [3.8, 4) is 11.5 Å². The Hall–Kier alpha value is -3.17. The molecular formula is C31H40F2N2O6. The van der Waals surface area contributed by atoms with Crippen molar-refractivity contribution in [2.45, 2.75) is 83.8 Å². The first-order chi connectivity index (χ1) is 19.5. The number of carbonyl (C=O) groups is 3. The van der Waals surface area contributed by atoms with Gasteiger partial charge in [-0.25, -0.2) is 8.78 Å². The van der Waals surface area contributed by atoms with Crippen LogP contribution in [0.15, 0.2) is 24.0 Å². The van der Waals surface area contributed by atoms with Gasteiger partial charge in [0.2, 0.25) is 5.91 Å². The first kappa shape index (κ1) is 29.3. The normalized spacial score (nSPS) is 32.7. The standard InChI is InChI=1S/C31H40F2N2O6/c1-30(7-4-8-30)16-34-28(37)25-17-11-18(15-32)20(12-17)26(25)35-27(36)21-13-24(22(33)14-23(21)40-3)41-19-5-9-31(2,10-6-19)29(38)39/h13-15,17,19-20,25-26H,4-12,16H2,1-3H3,(H,34,37)(H,35,36)(H,38,39)/b18-15-/t17-,19?,20-,25+,26-,31?/m1/s1. The highest BCUT2D eigenvalue weighted by Crippen LogP contribution is 2.52. The lowest BCUT2D eigenvalue weighted by molar-refractivity contribution is -0.150. The Morgan fingerprint density at radius 2 is 1.83 bits per heavy atom. The third-order valence-corrected chi connectivity index (χ3v) is 10.2. The molecule has 4 fully saturated rings. The molecule has 1 aromatic carbocycles. The van der Waals surface area contributed by atoms with Crippen LogP contribution < -0.4 is 20.1 Å². The topological polar surface area (TPSA) is 114 Å². The van der Waals surface area contributed by atoms with Gasteiger partial charge >= 0.3 is 5.97 Å². The molecule has 1 aromatic rings. The third kappa shape index (κ3) is 5.66. The van der Waals surface area contributed by atoms with Crippen molar-refractivity contribution in [3.63, 3.8) is 0 Å². The number of fused-ring (bicyclic) bond motifs is 2. The summed E-state index contributed by atoms with van der Waals surface area (Å²) < 4.78 is 39.9. The number of hydrogen-bond acceptors (Lipinski definition) is 5. The maximum Gasteiger partial charge on any atom is 0.309 e. The van der Waals surface area contributed by atoms with Crippen molar-refractivity contribution in [1.82, 2.24) is 10.6 Å². The van der Waals surface area contributed by atoms with Gasteiger partial charge in [-0.15, -0.1) is 0 Å². The molecule has 0 radical (unpaired) electrons.